The first kappa shape index (κ1) is 8.28. The van der Waals surface area contributed by atoms with Crippen molar-refractivity contribution in [2.45, 2.75) is 19.5 Å². The Morgan fingerprint density at radius 3 is 2.33 bits per heavy atom. The molecule has 1 unspecified atom stereocenters. The van der Waals surface area contributed by atoms with Gasteiger partial charge in [0.25, 0.3) is 0 Å². The molecule has 0 saturated heterocycles. The molecule has 0 saturated carbocycles. The van der Waals surface area contributed by atoms with Crippen molar-refractivity contribution in [3.63, 3.8) is 0 Å². The molecule has 0 aromatic rings. The number of nitrogens with two attached hydrogens (primary N) is 1. The van der Waals surface area contributed by atoms with Crippen LogP contribution in [-0.4, -0.2) is 5.66 Å². The van der Waals surface area contributed by atoms with Crippen LogP contribution >= 0.6 is 0 Å². The van der Waals surface area contributed by atoms with E-state index in [1.807, 2.05) is 5.34 Å². The van der Waals surface area contributed by atoms with Crippen molar-refractivity contribution in [3.8, 4) is 0 Å². The molecule has 3 N–H and O–H groups in total. The van der Waals surface area contributed by atoms with Crippen molar-refractivity contribution in [1.82, 2.24) is 0 Å². The number of nitrogens with zero attached hydrogens (tertiary/aromatic N) is 1. The molecule has 0 spiro atoms. The number of quaternary nitrogens is 1. The van der Waals surface area contributed by atoms with Crippen molar-refractivity contribution in [3.05, 3.63) is 10.1 Å². The highest BCUT2D eigenvalue weighted by Gasteiger charge is 2.21. The van der Waals surface area contributed by atoms with Gasteiger partial charge in [-0.1, -0.05) is 0 Å². The van der Waals surface area contributed by atoms with Crippen LogP contribution in [0, 0.1) is 10.1 Å². The van der Waals surface area contributed by atoms with Crippen LogP contribution in [0.5, 0.6) is 0 Å². The maximum atomic E-state index is 10.4. The average Bonchev–Trinajstić information content (AvgIpc) is 1.64. The van der Waals surface area contributed by atoms with Gasteiger partial charge in [0.1, 0.15) is 0 Å². The third kappa shape index (κ3) is 2.96. The van der Waals surface area contributed by atoms with E-state index in [1.54, 1.807) is 0 Å². The topological polar surface area (TPSA) is 92.2 Å². The highest BCUT2D eigenvalue weighted by Crippen LogP contribution is 1.80. The molecule has 0 aromatic heterocycles. The smallest absolute Gasteiger partial charge is 0.213 e. The summed E-state index contributed by atoms with van der Waals surface area (Å²) in [6, 6.07) is 0. The van der Waals surface area contributed by atoms with Gasteiger partial charge in [-0.2, -0.15) is 4.94 Å². The monoisotopic (exact) mass is 135 g/mol. The summed E-state index contributed by atoms with van der Waals surface area (Å²) in [5.41, 5.74) is 4.05. The lowest BCUT2D eigenvalue weighted by Crippen LogP contribution is -3.16. The molecule has 0 aliphatic heterocycles. The molecule has 6 nitrogen and oxygen atoms in total. The summed E-state index contributed by atoms with van der Waals surface area (Å²) in [5, 5.41) is 11.5. The molecule has 0 aliphatic carbocycles. The van der Waals surface area contributed by atoms with Gasteiger partial charge >= 0.3 is 0 Å². The first-order chi connectivity index (χ1) is 3.98. The molecule has 0 aromatic carbocycles. The number of hydrogen-bond donors (Lipinski definition) is 2. The van der Waals surface area contributed by atoms with Crippen LogP contribution in [-0.2, 0) is 4.94 Å². The van der Waals surface area contributed by atoms with E-state index in [-0.39, 0.29) is 0 Å². The summed E-state index contributed by atoms with van der Waals surface area (Å²) in [4.78, 5) is 13.0. The van der Waals surface area contributed by atoms with Crippen LogP contribution in [0.25, 0.3) is 0 Å². The predicted octanol–water partition coefficient (Wildman–Crippen LogP) is -1.32. The number of rotatable bonds is 3. The summed E-state index contributed by atoms with van der Waals surface area (Å²) in [6.45, 7) is 2.83. The summed E-state index contributed by atoms with van der Waals surface area (Å²) in [5.74, 6) is 0. The fourth-order valence-corrected chi connectivity index (χ4v) is 0.151. The minimum atomic E-state index is -1.14. The van der Waals surface area contributed by atoms with Gasteiger partial charge in [0, 0.05) is 13.8 Å². The summed E-state index contributed by atoms with van der Waals surface area (Å²) >= 11 is 0. The molecular formula is C3H9N3O3. The maximum absolute atomic E-state index is 10.4. The molecule has 0 fully saturated rings. The Labute approximate surface area is 52.0 Å². The lowest BCUT2D eigenvalue weighted by Gasteiger charge is -2.26. The Bertz CT molecular complexity index is 99.0. The first-order valence-corrected chi connectivity index (χ1v) is 2.31. The highest BCUT2D eigenvalue weighted by molar-refractivity contribution is 4.50. The summed E-state index contributed by atoms with van der Waals surface area (Å²) in [6.07, 6.45) is 0. The minimum Gasteiger partial charge on any atom is -0.587 e. The molecule has 0 amide bonds. The van der Waals surface area contributed by atoms with E-state index in [2.05, 4.69) is 4.94 Å². The van der Waals surface area contributed by atoms with E-state index in [9.17, 15) is 10.1 Å². The van der Waals surface area contributed by atoms with E-state index in [0.717, 1.165) is 0 Å². The van der Waals surface area contributed by atoms with Gasteiger partial charge < -0.3 is 5.21 Å². The zero-order chi connectivity index (χ0) is 7.49. The van der Waals surface area contributed by atoms with Gasteiger partial charge in [-0.05, 0) is 0 Å². The molecule has 0 rings (SSSR count). The van der Waals surface area contributed by atoms with Gasteiger partial charge in [0.2, 0.25) is 5.34 Å². The molecule has 54 valence electrons. The van der Waals surface area contributed by atoms with E-state index in [1.165, 1.54) is 13.8 Å². The molecule has 6 heteroatoms. The van der Waals surface area contributed by atoms with Crippen LogP contribution in [0.1, 0.15) is 13.8 Å². The third-order valence-electron chi connectivity index (χ3n) is 0.646. The van der Waals surface area contributed by atoms with Gasteiger partial charge in [-0.25, -0.2) is 0 Å². The third-order valence-corrected chi connectivity index (χ3v) is 0.646. The van der Waals surface area contributed by atoms with Crippen molar-refractivity contribution < 1.29 is 10.2 Å². The first-order valence-electron chi connectivity index (χ1n) is 2.31. The second-order valence-corrected chi connectivity index (χ2v) is 2.17. The second-order valence-electron chi connectivity index (χ2n) is 2.17. The van der Waals surface area contributed by atoms with E-state index >= 15 is 0 Å². The van der Waals surface area contributed by atoms with Crippen molar-refractivity contribution in [2.75, 3.05) is 0 Å². The Balaban J connectivity index is 3.72. The summed E-state index contributed by atoms with van der Waals surface area (Å²) < 4.78 is 0. The van der Waals surface area contributed by atoms with Crippen molar-refractivity contribution in [1.29, 1.82) is 0 Å². The van der Waals surface area contributed by atoms with Crippen LogP contribution < -0.4 is 11.0 Å². The fraction of sp³-hybridized carbons (Fsp3) is 1.00. The lowest BCUT2D eigenvalue weighted by atomic mass is 10.3. The van der Waals surface area contributed by atoms with Crippen LogP contribution in [0.2, 0.25) is 0 Å². The Morgan fingerprint density at radius 2 is 2.22 bits per heavy atom. The van der Waals surface area contributed by atoms with Crippen LogP contribution in [0.4, 0.5) is 0 Å². The van der Waals surface area contributed by atoms with E-state index in [0.29, 0.717) is 0 Å². The molecular weight excluding hydrogens is 126 g/mol. The molecule has 0 heterocycles. The van der Waals surface area contributed by atoms with Crippen LogP contribution in [0.15, 0.2) is 5.34 Å². The Morgan fingerprint density at radius 1 is 1.78 bits per heavy atom. The average molecular weight is 135 g/mol. The quantitative estimate of drug-likeness (QED) is 0.285. The van der Waals surface area contributed by atoms with E-state index < -0.39 is 10.9 Å². The minimum absolute atomic E-state index is 0.836. The van der Waals surface area contributed by atoms with Gasteiger partial charge in [-0.3, -0.25) is 5.73 Å². The predicted molar refractivity (Wildman–Crippen MR) is 29.5 cm³/mol. The molecule has 0 radical (unpaired) electrons. The molecule has 0 aliphatic rings. The standard InChI is InChI=1S/C3H9N3O3/c1-3(2,4)6(8)9-5-7/h6H,4H2,1-2H3. The molecule has 9 heavy (non-hydrogen) atoms. The van der Waals surface area contributed by atoms with Gasteiger partial charge in [-0.15, -0.1) is 10.1 Å². The summed E-state index contributed by atoms with van der Waals surface area (Å²) in [7, 11) is 0. The number of nitrogens with one attached hydrogen (secondary N) is 1. The van der Waals surface area contributed by atoms with Gasteiger partial charge in [0.05, 0.1) is 0 Å². The zero-order valence-corrected chi connectivity index (χ0v) is 5.25. The van der Waals surface area contributed by atoms with Crippen LogP contribution in [0.3, 0.4) is 0 Å². The number of hydroxylamine groups is 2. The molecule has 1 atom stereocenters. The zero-order valence-electron chi connectivity index (χ0n) is 5.25. The lowest BCUT2D eigenvalue weighted by molar-refractivity contribution is -1.09. The SMILES string of the molecule is CC(C)(N)[NH+]([O-])ON=O. The van der Waals surface area contributed by atoms with E-state index in [4.69, 9.17) is 5.73 Å². The largest absolute Gasteiger partial charge is 0.587 e. The Hall–Kier alpha value is -0.720. The molecule has 0 bridgehead atoms. The van der Waals surface area contributed by atoms with Crippen molar-refractivity contribution in [2.24, 2.45) is 11.1 Å². The fourth-order valence-electron chi connectivity index (χ4n) is 0.151. The highest BCUT2D eigenvalue weighted by atomic mass is 17.0. The Kier molecular flexibility index (Phi) is 2.50. The second kappa shape index (κ2) is 2.72. The number of hydrogen-bond acceptors (Lipinski definition) is 5. The van der Waals surface area contributed by atoms with Crippen molar-refractivity contribution >= 4 is 0 Å². The maximum Gasteiger partial charge on any atom is 0.213 e. The normalized spacial score (nSPS) is 14.7. The van der Waals surface area contributed by atoms with Gasteiger partial charge in [0.15, 0.2) is 5.66 Å².